The number of anilines is 1. The van der Waals surface area contributed by atoms with E-state index in [9.17, 15) is 4.79 Å². The van der Waals surface area contributed by atoms with Crippen LogP contribution in [-0.4, -0.2) is 25.7 Å². The summed E-state index contributed by atoms with van der Waals surface area (Å²) in [6.07, 6.45) is 1.47. The Balaban J connectivity index is 1.87. The molecule has 2 N–H and O–H groups in total. The molecule has 0 saturated carbocycles. The SMILES string of the molecule is Cc1ccc2nc(CC(=O)n3cnc(N)n3)ccc2c1. The third-order valence-corrected chi connectivity index (χ3v) is 3.00. The van der Waals surface area contributed by atoms with Gasteiger partial charge in [-0.25, -0.2) is 4.98 Å². The van der Waals surface area contributed by atoms with Gasteiger partial charge in [-0.1, -0.05) is 17.7 Å². The molecule has 0 radical (unpaired) electrons. The number of nitrogens with two attached hydrogens (primary N) is 1. The van der Waals surface area contributed by atoms with E-state index in [4.69, 9.17) is 5.73 Å². The van der Waals surface area contributed by atoms with Crippen molar-refractivity contribution in [3.8, 4) is 0 Å². The van der Waals surface area contributed by atoms with Crippen LogP contribution >= 0.6 is 0 Å². The molecule has 20 heavy (non-hydrogen) atoms. The van der Waals surface area contributed by atoms with E-state index >= 15 is 0 Å². The Kier molecular flexibility index (Phi) is 2.90. The molecule has 0 aliphatic carbocycles. The van der Waals surface area contributed by atoms with Gasteiger partial charge in [0.05, 0.1) is 17.6 Å². The predicted molar refractivity (Wildman–Crippen MR) is 75.2 cm³/mol. The minimum absolute atomic E-state index is 0.0836. The lowest BCUT2D eigenvalue weighted by Gasteiger charge is -2.03. The lowest BCUT2D eigenvalue weighted by Crippen LogP contribution is -2.15. The molecule has 6 nitrogen and oxygen atoms in total. The molecule has 0 fully saturated rings. The summed E-state index contributed by atoms with van der Waals surface area (Å²) in [6.45, 7) is 2.03. The zero-order chi connectivity index (χ0) is 14.1. The summed E-state index contributed by atoms with van der Waals surface area (Å²) >= 11 is 0. The quantitative estimate of drug-likeness (QED) is 0.762. The molecule has 0 spiro atoms. The van der Waals surface area contributed by atoms with Crippen molar-refractivity contribution in [3.05, 3.63) is 47.9 Å². The number of carbonyl (C=O) groups excluding carboxylic acids is 1. The first kappa shape index (κ1) is 12.3. The van der Waals surface area contributed by atoms with Crippen LogP contribution in [0.1, 0.15) is 16.1 Å². The van der Waals surface area contributed by atoms with E-state index in [1.807, 2.05) is 31.2 Å². The fourth-order valence-corrected chi connectivity index (χ4v) is 2.02. The van der Waals surface area contributed by atoms with Gasteiger partial charge in [-0.3, -0.25) is 9.78 Å². The van der Waals surface area contributed by atoms with Crippen molar-refractivity contribution in [2.75, 3.05) is 5.73 Å². The number of carbonyl (C=O) groups is 1. The van der Waals surface area contributed by atoms with Crippen LogP contribution in [0.5, 0.6) is 0 Å². The van der Waals surface area contributed by atoms with Crippen molar-refractivity contribution >= 4 is 22.8 Å². The van der Waals surface area contributed by atoms with E-state index in [1.54, 1.807) is 0 Å². The van der Waals surface area contributed by atoms with Gasteiger partial charge in [0.1, 0.15) is 6.33 Å². The molecule has 0 aliphatic rings. The molecule has 3 aromatic rings. The van der Waals surface area contributed by atoms with Crippen molar-refractivity contribution in [2.24, 2.45) is 0 Å². The van der Waals surface area contributed by atoms with Gasteiger partial charge < -0.3 is 5.73 Å². The summed E-state index contributed by atoms with van der Waals surface area (Å²) in [6, 6.07) is 9.82. The molecule has 2 heterocycles. The van der Waals surface area contributed by atoms with Crippen LogP contribution in [0.25, 0.3) is 10.9 Å². The third-order valence-electron chi connectivity index (χ3n) is 3.00. The highest BCUT2D eigenvalue weighted by atomic mass is 16.2. The molecule has 0 amide bonds. The van der Waals surface area contributed by atoms with Gasteiger partial charge in [0, 0.05) is 5.39 Å². The average molecular weight is 267 g/mol. The van der Waals surface area contributed by atoms with Gasteiger partial charge >= 0.3 is 0 Å². The van der Waals surface area contributed by atoms with E-state index in [-0.39, 0.29) is 18.3 Å². The molecular formula is C14H13N5O. The molecular weight excluding hydrogens is 254 g/mol. The fourth-order valence-electron chi connectivity index (χ4n) is 2.02. The zero-order valence-corrected chi connectivity index (χ0v) is 10.9. The predicted octanol–water partition coefficient (Wildman–Crippen LogP) is 1.60. The van der Waals surface area contributed by atoms with E-state index < -0.39 is 0 Å². The summed E-state index contributed by atoms with van der Waals surface area (Å²) in [5, 5.41) is 4.85. The van der Waals surface area contributed by atoms with Crippen molar-refractivity contribution in [1.82, 2.24) is 19.7 Å². The maximum absolute atomic E-state index is 12.0. The fraction of sp³-hybridized carbons (Fsp3) is 0.143. The Labute approximate surface area is 115 Å². The maximum Gasteiger partial charge on any atom is 0.254 e. The molecule has 6 heteroatoms. The number of aromatic nitrogens is 4. The molecule has 0 saturated heterocycles. The van der Waals surface area contributed by atoms with Crippen LogP contribution in [0.15, 0.2) is 36.7 Å². The Morgan fingerprint density at radius 2 is 2.15 bits per heavy atom. The van der Waals surface area contributed by atoms with Crippen LogP contribution in [-0.2, 0) is 6.42 Å². The Hall–Kier alpha value is -2.76. The third kappa shape index (κ3) is 2.35. The van der Waals surface area contributed by atoms with E-state index in [0.29, 0.717) is 5.69 Å². The number of aryl methyl sites for hydroxylation is 1. The lowest BCUT2D eigenvalue weighted by molar-refractivity contribution is 0.0897. The minimum Gasteiger partial charge on any atom is -0.366 e. The van der Waals surface area contributed by atoms with Crippen LogP contribution < -0.4 is 5.73 Å². The largest absolute Gasteiger partial charge is 0.366 e. The Morgan fingerprint density at radius 3 is 2.90 bits per heavy atom. The number of pyridine rings is 1. The van der Waals surface area contributed by atoms with Crippen LogP contribution in [0.2, 0.25) is 0 Å². The molecule has 0 atom stereocenters. The smallest absolute Gasteiger partial charge is 0.254 e. The molecule has 1 aromatic carbocycles. The van der Waals surface area contributed by atoms with Gasteiger partial charge in [0.2, 0.25) is 5.95 Å². The van der Waals surface area contributed by atoms with E-state index in [0.717, 1.165) is 15.6 Å². The normalized spacial score (nSPS) is 10.8. The lowest BCUT2D eigenvalue weighted by atomic mass is 10.1. The highest BCUT2D eigenvalue weighted by Crippen LogP contribution is 2.15. The summed E-state index contributed by atoms with van der Waals surface area (Å²) in [5.74, 6) is -0.131. The highest BCUT2D eigenvalue weighted by molar-refractivity contribution is 5.82. The Bertz CT molecular complexity index is 793. The van der Waals surface area contributed by atoms with Crippen LogP contribution in [0.4, 0.5) is 5.95 Å². The van der Waals surface area contributed by atoms with Crippen molar-refractivity contribution in [2.45, 2.75) is 13.3 Å². The van der Waals surface area contributed by atoms with Gasteiger partial charge in [0.15, 0.2) is 0 Å². The summed E-state index contributed by atoms with van der Waals surface area (Å²) < 4.78 is 1.14. The maximum atomic E-state index is 12.0. The highest BCUT2D eigenvalue weighted by Gasteiger charge is 2.10. The first-order valence-electron chi connectivity index (χ1n) is 6.18. The van der Waals surface area contributed by atoms with Gasteiger partial charge in [-0.05, 0) is 25.1 Å². The molecule has 100 valence electrons. The van der Waals surface area contributed by atoms with Gasteiger partial charge in [-0.15, -0.1) is 5.10 Å². The second kappa shape index (κ2) is 4.73. The topological polar surface area (TPSA) is 86.7 Å². The minimum atomic E-state index is -0.215. The zero-order valence-electron chi connectivity index (χ0n) is 10.9. The van der Waals surface area contributed by atoms with E-state index in [1.165, 1.54) is 11.9 Å². The van der Waals surface area contributed by atoms with Crippen molar-refractivity contribution < 1.29 is 4.79 Å². The number of hydrogen-bond donors (Lipinski definition) is 1. The summed E-state index contributed by atoms with van der Waals surface area (Å²) in [7, 11) is 0. The van der Waals surface area contributed by atoms with Crippen LogP contribution in [0, 0.1) is 6.92 Å². The second-order valence-corrected chi connectivity index (χ2v) is 4.62. The molecule has 3 rings (SSSR count). The first-order chi connectivity index (χ1) is 9.61. The molecule has 0 bridgehead atoms. The average Bonchev–Trinajstić information content (AvgIpc) is 2.86. The monoisotopic (exact) mass is 267 g/mol. The second-order valence-electron chi connectivity index (χ2n) is 4.62. The number of benzene rings is 1. The Morgan fingerprint density at radius 1 is 1.30 bits per heavy atom. The van der Waals surface area contributed by atoms with Gasteiger partial charge in [0.25, 0.3) is 5.91 Å². The molecule has 0 aliphatic heterocycles. The standard InChI is InChI=1S/C14H13N5O/c1-9-2-5-12-10(6-9)3-4-11(17-12)7-13(20)19-8-16-14(15)18-19/h2-6,8H,7H2,1H3,(H2,15,18). The number of rotatable bonds is 2. The van der Waals surface area contributed by atoms with Crippen molar-refractivity contribution in [1.29, 1.82) is 0 Å². The number of fused-ring (bicyclic) bond motifs is 1. The first-order valence-corrected chi connectivity index (χ1v) is 6.18. The van der Waals surface area contributed by atoms with E-state index in [2.05, 4.69) is 21.1 Å². The number of nitrogens with zero attached hydrogens (tertiary/aromatic N) is 4. The molecule has 2 aromatic heterocycles. The summed E-state index contributed by atoms with van der Waals surface area (Å²) in [4.78, 5) is 20.2. The molecule has 0 unspecified atom stereocenters. The van der Waals surface area contributed by atoms with Crippen LogP contribution in [0.3, 0.4) is 0 Å². The number of hydrogen-bond acceptors (Lipinski definition) is 5. The summed E-state index contributed by atoms with van der Waals surface area (Å²) in [5.41, 5.74) is 8.14. The van der Waals surface area contributed by atoms with Gasteiger partial charge in [-0.2, -0.15) is 4.68 Å². The van der Waals surface area contributed by atoms with Crippen molar-refractivity contribution in [3.63, 3.8) is 0 Å². The number of nitrogen functional groups attached to an aromatic ring is 1.